The van der Waals surface area contributed by atoms with Gasteiger partial charge in [0.05, 0.1) is 7.11 Å². The van der Waals surface area contributed by atoms with Gasteiger partial charge in [0, 0.05) is 32.5 Å². The Morgan fingerprint density at radius 2 is 1.94 bits per heavy atom. The summed E-state index contributed by atoms with van der Waals surface area (Å²) >= 11 is 1.10. The number of carbonyl (C=O) groups is 2. The molecule has 186 valence electrons. The molecule has 35 heavy (non-hydrogen) atoms. The van der Waals surface area contributed by atoms with Gasteiger partial charge in [-0.1, -0.05) is 42.1 Å². The highest BCUT2D eigenvalue weighted by molar-refractivity contribution is 8.15. The number of halogens is 2. The molecule has 1 unspecified atom stereocenters. The minimum Gasteiger partial charge on any atom is -0.296 e. The highest BCUT2D eigenvalue weighted by Crippen LogP contribution is 2.50. The Hall–Kier alpha value is -3.55. The molecule has 0 saturated carbocycles. The lowest BCUT2D eigenvalue weighted by Crippen LogP contribution is -2.50. The molecule has 3 amide bonds. The van der Waals surface area contributed by atoms with Gasteiger partial charge in [-0.3, -0.25) is 25.8 Å². The van der Waals surface area contributed by atoms with Crippen LogP contribution in [0.4, 0.5) is 13.6 Å². The number of nitrogens with zero attached hydrogens (tertiary/aromatic N) is 3. The first-order valence-electron chi connectivity index (χ1n) is 10.4. The monoisotopic (exact) mass is 505 g/mol. The SMILES string of the molecule is CON(C)C(=O)N1N=C(c2cc(F)ccc2F)SC1(CCNNC(=N)NC(C)=O)c1ccccc1. The van der Waals surface area contributed by atoms with Crippen LogP contribution in [0.2, 0.25) is 0 Å². The van der Waals surface area contributed by atoms with E-state index >= 15 is 0 Å². The lowest BCUT2D eigenvalue weighted by Gasteiger charge is -2.37. The third-order valence-electron chi connectivity index (χ3n) is 5.01. The van der Waals surface area contributed by atoms with E-state index in [1.54, 1.807) is 24.3 Å². The number of hydroxylamine groups is 2. The van der Waals surface area contributed by atoms with Gasteiger partial charge in [-0.2, -0.15) is 10.1 Å². The minimum absolute atomic E-state index is 0.0794. The number of thioether (sulfide) groups is 1. The molecule has 0 saturated heterocycles. The minimum atomic E-state index is -1.18. The maximum absolute atomic E-state index is 14.6. The smallest absolute Gasteiger partial charge is 0.296 e. The van der Waals surface area contributed by atoms with Gasteiger partial charge < -0.3 is 0 Å². The quantitative estimate of drug-likeness (QED) is 0.199. The number of amides is 3. The lowest BCUT2D eigenvalue weighted by molar-refractivity contribution is -0.117. The molecule has 13 heteroatoms. The van der Waals surface area contributed by atoms with Crippen LogP contribution in [0.5, 0.6) is 0 Å². The second kappa shape index (κ2) is 11.3. The number of rotatable bonds is 7. The van der Waals surface area contributed by atoms with Crippen LogP contribution in [0.25, 0.3) is 0 Å². The topological polar surface area (TPSA) is 122 Å². The molecular weight excluding hydrogens is 480 g/mol. The van der Waals surface area contributed by atoms with E-state index in [0.717, 1.165) is 35.0 Å². The van der Waals surface area contributed by atoms with Gasteiger partial charge in [0.25, 0.3) is 0 Å². The summed E-state index contributed by atoms with van der Waals surface area (Å²) < 4.78 is 28.6. The number of urea groups is 1. The van der Waals surface area contributed by atoms with E-state index in [9.17, 15) is 18.4 Å². The van der Waals surface area contributed by atoms with Crippen molar-refractivity contribution in [1.29, 1.82) is 5.41 Å². The summed E-state index contributed by atoms with van der Waals surface area (Å²) in [6.45, 7) is 1.47. The molecular formula is C22H25F2N7O3S. The fourth-order valence-corrected chi connectivity index (χ4v) is 4.72. The van der Waals surface area contributed by atoms with E-state index in [1.807, 2.05) is 6.07 Å². The van der Waals surface area contributed by atoms with E-state index < -0.39 is 28.4 Å². The Balaban J connectivity index is 1.99. The Kier molecular flexibility index (Phi) is 8.38. The van der Waals surface area contributed by atoms with E-state index in [2.05, 4.69) is 21.3 Å². The third-order valence-corrected chi connectivity index (χ3v) is 6.46. The first-order valence-corrected chi connectivity index (χ1v) is 11.2. The number of hydrogen-bond donors (Lipinski definition) is 4. The van der Waals surface area contributed by atoms with Crippen LogP contribution < -0.4 is 16.2 Å². The van der Waals surface area contributed by atoms with Crippen molar-refractivity contribution in [3.8, 4) is 0 Å². The molecule has 1 heterocycles. The van der Waals surface area contributed by atoms with Crippen molar-refractivity contribution in [2.24, 2.45) is 5.10 Å². The van der Waals surface area contributed by atoms with Crippen LogP contribution in [0.15, 0.2) is 53.6 Å². The van der Waals surface area contributed by atoms with Crippen LogP contribution in [0.1, 0.15) is 24.5 Å². The van der Waals surface area contributed by atoms with E-state index in [4.69, 9.17) is 10.2 Å². The average molecular weight is 506 g/mol. The number of guanidine groups is 1. The predicted molar refractivity (Wildman–Crippen MR) is 128 cm³/mol. The zero-order valence-corrected chi connectivity index (χ0v) is 20.1. The number of hydrazone groups is 1. The zero-order chi connectivity index (χ0) is 25.6. The van der Waals surface area contributed by atoms with Crippen LogP contribution >= 0.6 is 11.8 Å². The fourth-order valence-electron chi connectivity index (χ4n) is 3.35. The molecule has 2 aromatic rings. The van der Waals surface area contributed by atoms with Crippen molar-refractivity contribution >= 4 is 34.7 Å². The molecule has 4 N–H and O–H groups in total. The molecule has 0 bridgehead atoms. The van der Waals surface area contributed by atoms with E-state index in [-0.39, 0.29) is 29.5 Å². The zero-order valence-electron chi connectivity index (χ0n) is 19.3. The summed E-state index contributed by atoms with van der Waals surface area (Å²) in [5, 5.41) is 16.6. The molecule has 1 aliphatic heterocycles. The fraction of sp³-hybridized carbons (Fsp3) is 0.273. The van der Waals surface area contributed by atoms with Crippen molar-refractivity contribution in [2.45, 2.75) is 18.2 Å². The molecule has 0 aliphatic carbocycles. The van der Waals surface area contributed by atoms with Crippen molar-refractivity contribution < 1.29 is 23.2 Å². The Bertz CT molecular complexity index is 1140. The molecule has 0 fully saturated rings. The highest BCUT2D eigenvalue weighted by atomic mass is 32.2. The largest absolute Gasteiger partial charge is 0.365 e. The van der Waals surface area contributed by atoms with Crippen LogP contribution in [0, 0.1) is 17.0 Å². The van der Waals surface area contributed by atoms with Crippen LogP contribution in [-0.4, -0.2) is 53.7 Å². The average Bonchev–Trinajstić information content (AvgIpc) is 3.23. The third kappa shape index (κ3) is 5.93. The number of carbonyl (C=O) groups excluding carboxylic acids is 2. The summed E-state index contributed by atoms with van der Waals surface area (Å²) in [6, 6.07) is 11.4. The summed E-state index contributed by atoms with van der Waals surface area (Å²) in [5.41, 5.74) is 5.97. The maximum atomic E-state index is 14.6. The number of hydrogen-bond acceptors (Lipinski definition) is 7. The first kappa shape index (κ1) is 26.1. The highest BCUT2D eigenvalue weighted by Gasteiger charge is 2.49. The molecule has 0 radical (unpaired) electrons. The normalized spacial score (nSPS) is 17.1. The van der Waals surface area contributed by atoms with Gasteiger partial charge in [0.1, 0.15) is 21.5 Å². The van der Waals surface area contributed by atoms with Crippen molar-refractivity contribution in [1.82, 2.24) is 26.2 Å². The second-order valence-corrected chi connectivity index (χ2v) is 8.68. The van der Waals surface area contributed by atoms with Gasteiger partial charge >= 0.3 is 6.03 Å². The van der Waals surface area contributed by atoms with Crippen molar-refractivity contribution in [3.05, 3.63) is 71.3 Å². The molecule has 1 aliphatic rings. The van der Waals surface area contributed by atoms with Gasteiger partial charge in [-0.05, 0) is 23.8 Å². The Morgan fingerprint density at radius 1 is 1.23 bits per heavy atom. The van der Waals surface area contributed by atoms with Crippen molar-refractivity contribution in [2.75, 3.05) is 20.7 Å². The van der Waals surface area contributed by atoms with E-state index in [0.29, 0.717) is 5.56 Å². The standard InChI is InChI=1S/C22H25F2N7O3S/c1-14(32)27-20(25)28-26-12-11-22(15-7-5-4-6-8-15)31(21(33)30(2)34-3)29-19(35-22)17-13-16(23)9-10-18(17)24/h4-10,13,26H,11-12H2,1-3H3,(H3,25,27,28,32). The van der Waals surface area contributed by atoms with Gasteiger partial charge in [0.15, 0.2) is 0 Å². The molecule has 2 aromatic carbocycles. The van der Waals surface area contributed by atoms with Crippen molar-refractivity contribution in [3.63, 3.8) is 0 Å². The number of nitrogens with one attached hydrogen (secondary N) is 4. The molecule has 10 nitrogen and oxygen atoms in total. The molecule has 1 atom stereocenters. The van der Waals surface area contributed by atoms with Gasteiger partial charge in [-0.25, -0.2) is 24.1 Å². The first-order chi connectivity index (χ1) is 16.7. The van der Waals surface area contributed by atoms with Crippen LogP contribution in [0.3, 0.4) is 0 Å². The van der Waals surface area contributed by atoms with Gasteiger partial charge in [-0.15, -0.1) is 0 Å². The summed E-state index contributed by atoms with van der Waals surface area (Å²) in [5.74, 6) is -1.99. The maximum Gasteiger partial charge on any atom is 0.365 e. The lowest BCUT2D eigenvalue weighted by atomic mass is 10.0. The second-order valence-electron chi connectivity index (χ2n) is 7.41. The summed E-state index contributed by atoms with van der Waals surface area (Å²) in [7, 11) is 2.73. The number of hydrazine groups is 1. The van der Waals surface area contributed by atoms with E-state index in [1.165, 1.54) is 26.1 Å². The van der Waals surface area contributed by atoms with Crippen LogP contribution in [-0.2, 0) is 14.5 Å². The van der Waals surface area contributed by atoms with Gasteiger partial charge in [0.2, 0.25) is 11.9 Å². The Labute approximate surface area is 205 Å². The molecule has 0 spiro atoms. The Morgan fingerprint density at radius 3 is 2.60 bits per heavy atom. The summed E-state index contributed by atoms with van der Waals surface area (Å²) in [6.07, 6.45) is 0.218. The summed E-state index contributed by atoms with van der Waals surface area (Å²) in [4.78, 5) is 28.3. The molecule has 0 aromatic heterocycles. The number of benzene rings is 2. The molecule has 3 rings (SSSR count). The predicted octanol–water partition coefficient (Wildman–Crippen LogP) is 2.70.